The second kappa shape index (κ2) is 8.25. The average molecular weight is 405 g/mol. The molecule has 0 atom stereocenters. The largest absolute Gasteiger partial charge is 0.467 e. The van der Waals surface area contributed by atoms with Crippen molar-refractivity contribution < 1.29 is 4.42 Å². The minimum atomic E-state index is 0.116. The molecule has 0 saturated heterocycles. The van der Waals surface area contributed by atoms with E-state index in [4.69, 9.17) is 4.42 Å². The quantitative estimate of drug-likeness (QED) is 0.393. The molecule has 1 aromatic carbocycles. The van der Waals surface area contributed by atoms with E-state index in [1.807, 2.05) is 24.4 Å². The Morgan fingerprint density at radius 3 is 2.48 bits per heavy atom. The molecular weight excluding hydrogens is 380 g/mol. The number of furan rings is 1. The smallest absolute Gasteiger partial charge is 0.192 e. The van der Waals surface area contributed by atoms with Crippen LogP contribution in [0.5, 0.6) is 0 Å². The van der Waals surface area contributed by atoms with Crippen molar-refractivity contribution >= 4 is 11.8 Å². The predicted octanol–water partition coefficient (Wildman–Crippen LogP) is 5.57. The lowest BCUT2D eigenvalue weighted by Crippen LogP contribution is -2.10. The van der Waals surface area contributed by atoms with Crippen LogP contribution >= 0.6 is 11.8 Å². The monoisotopic (exact) mass is 404 g/mol. The maximum absolute atomic E-state index is 5.58. The molecule has 0 saturated carbocycles. The van der Waals surface area contributed by atoms with Crippen molar-refractivity contribution in [1.29, 1.82) is 0 Å². The van der Waals surface area contributed by atoms with Gasteiger partial charge < -0.3 is 4.42 Å². The van der Waals surface area contributed by atoms with Crippen LogP contribution in [0.2, 0.25) is 0 Å². The molecule has 0 spiro atoms. The molecule has 0 radical (unpaired) electrons. The molecule has 0 amide bonds. The van der Waals surface area contributed by atoms with E-state index in [9.17, 15) is 0 Å². The van der Waals surface area contributed by atoms with Gasteiger partial charge in [0.05, 0.1) is 12.8 Å². The lowest BCUT2D eigenvalue weighted by molar-refractivity contribution is 0.485. The Morgan fingerprint density at radius 1 is 1.00 bits per heavy atom. The molecule has 0 N–H and O–H groups in total. The van der Waals surface area contributed by atoms with Gasteiger partial charge in [0.2, 0.25) is 0 Å². The van der Waals surface area contributed by atoms with Crippen LogP contribution in [0.3, 0.4) is 0 Å². The maximum Gasteiger partial charge on any atom is 0.192 e. The van der Waals surface area contributed by atoms with Crippen LogP contribution in [0, 0.1) is 0 Å². The fourth-order valence-corrected chi connectivity index (χ4v) is 3.93. The van der Waals surface area contributed by atoms with Crippen LogP contribution in [0.15, 0.2) is 76.8 Å². The lowest BCUT2D eigenvalue weighted by Gasteiger charge is -2.19. The summed E-state index contributed by atoms with van der Waals surface area (Å²) in [5, 5.41) is 9.84. The zero-order valence-electron chi connectivity index (χ0n) is 16.9. The van der Waals surface area contributed by atoms with E-state index in [1.54, 1.807) is 24.2 Å². The summed E-state index contributed by atoms with van der Waals surface area (Å²) in [6.45, 7) is 7.24. The molecule has 0 aliphatic rings. The molecule has 6 heteroatoms. The second-order valence-electron chi connectivity index (χ2n) is 7.95. The summed E-state index contributed by atoms with van der Waals surface area (Å²) >= 11 is 1.65. The van der Waals surface area contributed by atoms with Crippen molar-refractivity contribution in [2.45, 2.75) is 43.6 Å². The number of rotatable bonds is 6. The predicted molar refractivity (Wildman–Crippen MR) is 116 cm³/mol. The first kappa shape index (κ1) is 19.5. The summed E-state index contributed by atoms with van der Waals surface area (Å²) in [6.07, 6.45) is 5.36. The molecule has 3 heterocycles. The third-order valence-corrected chi connectivity index (χ3v) is 5.75. The number of benzene rings is 1. The number of pyridine rings is 1. The third-order valence-electron chi connectivity index (χ3n) is 4.71. The zero-order valence-corrected chi connectivity index (χ0v) is 17.7. The molecule has 0 unspecified atom stereocenters. The number of hydrogen-bond donors (Lipinski definition) is 0. The van der Waals surface area contributed by atoms with E-state index in [2.05, 4.69) is 70.9 Å². The SMILES string of the molecule is CC(C)(C)c1ccc(-c2nnc(SCc3cccnc3)n2Cc2ccco2)cc1. The molecule has 0 bridgehead atoms. The highest BCUT2D eigenvalue weighted by molar-refractivity contribution is 7.98. The van der Waals surface area contributed by atoms with Crippen LogP contribution in [0.4, 0.5) is 0 Å². The topological polar surface area (TPSA) is 56.7 Å². The van der Waals surface area contributed by atoms with Gasteiger partial charge in [-0.15, -0.1) is 10.2 Å². The van der Waals surface area contributed by atoms with E-state index in [0.717, 1.165) is 33.6 Å². The highest BCUT2D eigenvalue weighted by Crippen LogP contribution is 2.29. The summed E-state index contributed by atoms with van der Waals surface area (Å²) in [5.74, 6) is 2.50. The molecule has 3 aromatic heterocycles. The fraction of sp³-hybridized carbons (Fsp3) is 0.261. The van der Waals surface area contributed by atoms with Crippen LogP contribution < -0.4 is 0 Å². The summed E-state index contributed by atoms with van der Waals surface area (Å²) in [5.41, 5.74) is 3.61. The summed E-state index contributed by atoms with van der Waals surface area (Å²) in [4.78, 5) is 4.19. The summed E-state index contributed by atoms with van der Waals surface area (Å²) in [6, 6.07) is 16.5. The van der Waals surface area contributed by atoms with Gasteiger partial charge in [-0.2, -0.15) is 0 Å². The van der Waals surface area contributed by atoms with Gasteiger partial charge in [0, 0.05) is 23.7 Å². The van der Waals surface area contributed by atoms with Crippen molar-refractivity contribution in [3.05, 3.63) is 84.1 Å². The van der Waals surface area contributed by atoms with E-state index in [0.29, 0.717) is 6.54 Å². The summed E-state index contributed by atoms with van der Waals surface area (Å²) < 4.78 is 7.70. The minimum Gasteiger partial charge on any atom is -0.467 e. The Kier molecular flexibility index (Phi) is 5.53. The molecule has 29 heavy (non-hydrogen) atoms. The van der Waals surface area contributed by atoms with Crippen molar-refractivity contribution in [2.75, 3.05) is 0 Å². The fourth-order valence-electron chi connectivity index (χ4n) is 3.06. The number of nitrogens with zero attached hydrogens (tertiary/aromatic N) is 4. The van der Waals surface area contributed by atoms with Crippen molar-refractivity contribution in [3.63, 3.8) is 0 Å². The Labute approximate surface area is 175 Å². The zero-order chi connectivity index (χ0) is 20.3. The van der Waals surface area contributed by atoms with Crippen molar-refractivity contribution in [1.82, 2.24) is 19.7 Å². The molecular formula is C23H24N4OS. The first-order valence-corrected chi connectivity index (χ1v) is 10.6. The van der Waals surface area contributed by atoms with Gasteiger partial charge in [0.1, 0.15) is 5.76 Å². The first-order valence-electron chi connectivity index (χ1n) is 9.59. The average Bonchev–Trinajstić information content (AvgIpc) is 3.37. The molecule has 0 aliphatic carbocycles. The molecule has 148 valence electrons. The van der Waals surface area contributed by atoms with Gasteiger partial charge in [-0.3, -0.25) is 9.55 Å². The van der Waals surface area contributed by atoms with Crippen LogP contribution in [-0.2, 0) is 17.7 Å². The van der Waals surface area contributed by atoms with Crippen LogP contribution in [0.25, 0.3) is 11.4 Å². The van der Waals surface area contributed by atoms with Crippen LogP contribution in [0.1, 0.15) is 37.7 Å². The first-order chi connectivity index (χ1) is 14.0. The van der Waals surface area contributed by atoms with Gasteiger partial charge in [0.15, 0.2) is 11.0 Å². The van der Waals surface area contributed by atoms with Crippen molar-refractivity contribution in [2.24, 2.45) is 0 Å². The molecule has 5 nitrogen and oxygen atoms in total. The van der Waals surface area contributed by atoms with Gasteiger partial charge in [-0.25, -0.2) is 0 Å². The number of thioether (sulfide) groups is 1. The van der Waals surface area contributed by atoms with E-state index in [1.165, 1.54) is 5.56 Å². The second-order valence-corrected chi connectivity index (χ2v) is 8.89. The normalized spacial score (nSPS) is 11.7. The van der Waals surface area contributed by atoms with Gasteiger partial charge in [-0.05, 0) is 34.7 Å². The highest BCUT2D eigenvalue weighted by atomic mass is 32.2. The van der Waals surface area contributed by atoms with Crippen molar-refractivity contribution in [3.8, 4) is 11.4 Å². The Morgan fingerprint density at radius 2 is 1.83 bits per heavy atom. The minimum absolute atomic E-state index is 0.116. The Hall–Kier alpha value is -2.86. The Balaban J connectivity index is 1.65. The van der Waals surface area contributed by atoms with Gasteiger partial charge >= 0.3 is 0 Å². The molecule has 4 aromatic rings. The van der Waals surface area contributed by atoms with Crippen LogP contribution in [-0.4, -0.2) is 19.7 Å². The van der Waals surface area contributed by atoms with Gasteiger partial charge in [-0.1, -0.05) is 62.9 Å². The van der Waals surface area contributed by atoms with Gasteiger partial charge in [0.25, 0.3) is 0 Å². The van der Waals surface area contributed by atoms with E-state index >= 15 is 0 Å². The maximum atomic E-state index is 5.58. The summed E-state index contributed by atoms with van der Waals surface area (Å²) in [7, 11) is 0. The number of aromatic nitrogens is 4. The Bertz CT molecular complexity index is 1050. The van der Waals surface area contributed by atoms with E-state index in [-0.39, 0.29) is 5.41 Å². The number of hydrogen-bond acceptors (Lipinski definition) is 5. The highest BCUT2D eigenvalue weighted by Gasteiger charge is 2.18. The standard InChI is InChI=1S/C23H24N4OS/c1-23(2,3)19-10-8-18(9-11-19)21-25-26-22(27(21)15-20-7-5-13-28-20)29-16-17-6-4-12-24-14-17/h4-14H,15-16H2,1-3H3. The molecule has 4 rings (SSSR count). The molecule has 0 aliphatic heterocycles. The third kappa shape index (κ3) is 4.59. The lowest BCUT2D eigenvalue weighted by atomic mass is 9.87. The molecule has 0 fully saturated rings. The van der Waals surface area contributed by atoms with E-state index < -0.39 is 0 Å².